The van der Waals surface area contributed by atoms with Crippen molar-refractivity contribution < 1.29 is 4.74 Å². The fourth-order valence-electron chi connectivity index (χ4n) is 1.66. The molecule has 2 unspecified atom stereocenters. The van der Waals surface area contributed by atoms with Gasteiger partial charge in [0.2, 0.25) is 0 Å². The summed E-state index contributed by atoms with van der Waals surface area (Å²) in [7, 11) is 0. The number of rotatable bonds is 3. The van der Waals surface area contributed by atoms with E-state index in [1.165, 1.54) is 6.42 Å². The van der Waals surface area contributed by atoms with Gasteiger partial charge in [0.15, 0.2) is 0 Å². The molecule has 1 rings (SSSR count). The molecule has 0 amide bonds. The van der Waals surface area contributed by atoms with E-state index in [1.54, 1.807) is 0 Å². The van der Waals surface area contributed by atoms with Gasteiger partial charge < -0.3 is 10.5 Å². The molecule has 0 saturated carbocycles. The van der Waals surface area contributed by atoms with Gasteiger partial charge >= 0.3 is 0 Å². The lowest BCUT2D eigenvalue weighted by Gasteiger charge is -2.29. The highest BCUT2D eigenvalue weighted by Crippen LogP contribution is 2.18. The van der Waals surface area contributed by atoms with Gasteiger partial charge in [0.1, 0.15) is 0 Å². The Morgan fingerprint density at radius 2 is 2.25 bits per heavy atom. The van der Waals surface area contributed by atoms with E-state index in [0.29, 0.717) is 6.10 Å². The maximum atomic E-state index is 5.94. The van der Waals surface area contributed by atoms with E-state index >= 15 is 0 Å². The van der Waals surface area contributed by atoms with Crippen LogP contribution < -0.4 is 5.73 Å². The summed E-state index contributed by atoms with van der Waals surface area (Å²) in [6.45, 7) is 5.40. The van der Waals surface area contributed by atoms with Crippen molar-refractivity contribution in [2.24, 2.45) is 11.7 Å². The first-order valence-electron chi connectivity index (χ1n) is 5.07. The average Bonchev–Trinajstić information content (AvgIpc) is 2.03. The van der Waals surface area contributed by atoms with Crippen LogP contribution in [0, 0.1) is 5.92 Å². The van der Waals surface area contributed by atoms with Crippen molar-refractivity contribution in [2.75, 3.05) is 6.61 Å². The molecule has 2 heteroatoms. The van der Waals surface area contributed by atoms with Crippen LogP contribution in [0.2, 0.25) is 0 Å². The molecule has 2 nitrogen and oxygen atoms in total. The van der Waals surface area contributed by atoms with Crippen LogP contribution in [0.5, 0.6) is 0 Å². The second-order valence-corrected chi connectivity index (χ2v) is 4.19. The molecular weight excluding hydrogens is 150 g/mol. The van der Waals surface area contributed by atoms with Gasteiger partial charge in [-0.05, 0) is 31.6 Å². The van der Waals surface area contributed by atoms with Gasteiger partial charge in [0.05, 0.1) is 6.10 Å². The molecule has 0 bridgehead atoms. The minimum Gasteiger partial charge on any atom is -0.377 e. The lowest BCUT2D eigenvalue weighted by atomic mass is 9.96. The van der Waals surface area contributed by atoms with Gasteiger partial charge in [-0.1, -0.05) is 13.8 Å². The second kappa shape index (κ2) is 4.83. The van der Waals surface area contributed by atoms with E-state index in [2.05, 4.69) is 13.8 Å². The Hall–Kier alpha value is -0.0800. The fraction of sp³-hybridized carbons (Fsp3) is 1.00. The molecule has 0 aromatic heterocycles. The molecule has 1 fully saturated rings. The number of nitrogens with two attached hydrogens (primary N) is 1. The Morgan fingerprint density at radius 3 is 2.83 bits per heavy atom. The van der Waals surface area contributed by atoms with Crippen molar-refractivity contribution in [1.29, 1.82) is 0 Å². The molecule has 1 aliphatic heterocycles. The van der Waals surface area contributed by atoms with Crippen molar-refractivity contribution in [3.05, 3.63) is 0 Å². The van der Waals surface area contributed by atoms with Gasteiger partial charge in [-0.25, -0.2) is 0 Å². The van der Waals surface area contributed by atoms with Gasteiger partial charge in [0.25, 0.3) is 0 Å². The molecule has 1 aliphatic rings. The van der Waals surface area contributed by atoms with Crippen LogP contribution in [0.15, 0.2) is 0 Å². The van der Waals surface area contributed by atoms with Gasteiger partial charge in [0, 0.05) is 12.6 Å². The van der Waals surface area contributed by atoms with Crippen molar-refractivity contribution in [3.63, 3.8) is 0 Å². The topological polar surface area (TPSA) is 35.2 Å². The van der Waals surface area contributed by atoms with E-state index in [0.717, 1.165) is 31.8 Å². The minimum atomic E-state index is 0.289. The van der Waals surface area contributed by atoms with Crippen molar-refractivity contribution in [1.82, 2.24) is 0 Å². The molecule has 2 atom stereocenters. The highest BCUT2D eigenvalue weighted by molar-refractivity contribution is 4.77. The summed E-state index contributed by atoms with van der Waals surface area (Å²) in [5, 5.41) is 0. The maximum absolute atomic E-state index is 5.94. The maximum Gasteiger partial charge on any atom is 0.0726 e. The monoisotopic (exact) mass is 171 g/mol. The van der Waals surface area contributed by atoms with Crippen LogP contribution in [0.4, 0.5) is 0 Å². The molecule has 0 aromatic rings. The summed E-state index contributed by atoms with van der Waals surface area (Å²) in [6.07, 6.45) is 4.99. The zero-order valence-electron chi connectivity index (χ0n) is 8.25. The van der Waals surface area contributed by atoms with E-state index in [-0.39, 0.29) is 6.04 Å². The molecular formula is C10H21NO. The number of ether oxygens (including phenoxy) is 1. The molecule has 0 aromatic carbocycles. The standard InChI is InChI=1S/C10H21NO/c1-8(2)5-6-10-9(11)4-3-7-12-10/h8-10H,3-7,11H2,1-2H3. The molecule has 0 radical (unpaired) electrons. The Bertz CT molecular complexity index is 125. The van der Waals surface area contributed by atoms with Crippen LogP contribution in [0.3, 0.4) is 0 Å². The van der Waals surface area contributed by atoms with Gasteiger partial charge in [-0.15, -0.1) is 0 Å². The third-order valence-corrected chi connectivity index (χ3v) is 2.52. The Labute approximate surface area is 75.5 Å². The predicted molar refractivity (Wildman–Crippen MR) is 51.0 cm³/mol. The predicted octanol–water partition coefficient (Wildman–Crippen LogP) is 1.93. The van der Waals surface area contributed by atoms with Crippen molar-refractivity contribution in [2.45, 2.75) is 51.7 Å². The van der Waals surface area contributed by atoms with Crippen molar-refractivity contribution in [3.8, 4) is 0 Å². The summed E-state index contributed by atoms with van der Waals surface area (Å²) in [6, 6.07) is 0.289. The highest BCUT2D eigenvalue weighted by atomic mass is 16.5. The smallest absolute Gasteiger partial charge is 0.0726 e. The molecule has 72 valence electrons. The minimum absolute atomic E-state index is 0.289. The molecule has 2 N–H and O–H groups in total. The summed E-state index contributed by atoms with van der Waals surface area (Å²) >= 11 is 0. The van der Waals surface area contributed by atoms with E-state index in [4.69, 9.17) is 10.5 Å². The molecule has 0 aliphatic carbocycles. The molecule has 0 spiro atoms. The third kappa shape index (κ3) is 3.11. The first-order chi connectivity index (χ1) is 5.70. The van der Waals surface area contributed by atoms with E-state index in [1.807, 2.05) is 0 Å². The van der Waals surface area contributed by atoms with Gasteiger partial charge in [-0.2, -0.15) is 0 Å². The first kappa shape index (κ1) is 10.0. The second-order valence-electron chi connectivity index (χ2n) is 4.19. The lowest BCUT2D eigenvalue weighted by Crippen LogP contribution is -2.40. The summed E-state index contributed by atoms with van der Waals surface area (Å²) in [5.74, 6) is 0.766. The quantitative estimate of drug-likeness (QED) is 0.704. The fourth-order valence-corrected chi connectivity index (χ4v) is 1.66. The SMILES string of the molecule is CC(C)CCC1OCCCC1N. The zero-order valence-corrected chi connectivity index (χ0v) is 8.25. The molecule has 1 saturated heterocycles. The molecule has 12 heavy (non-hydrogen) atoms. The third-order valence-electron chi connectivity index (χ3n) is 2.52. The van der Waals surface area contributed by atoms with E-state index < -0.39 is 0 Å². The van der Waals surface area contributed by atoms with Crippen LogP contribution in [0.1, 0.15) is 39.5 Å². The average molecular weight is 171 g/mol. The first-order valence-corrected chi connectivity index (χ1v) is 5.07. The van der Waals surface area contributed by atoms with Crippen LogP contribution in [-0.4, -0.2) is 18.8 Å². The Morgan fingerprint density at radius 1 is 1.50 bits per heavy atom. The van der Waals surface area contributed by atoms with E-state index in [9.17, 15) is 0 Å². The Kier molecular flexibility index (Phi) is 4.02. The number of hydrogen-bond donors (Lipinski definition) is 1. The highest BCUT2D eigenvalue weighted by Gasteiger charge is 2.21. The number of hydrogen-bond acceptors (Lipinski definition) is 2. The van der Waals surface area contributed by atoms with Crippen LogP contribution in [-0.2, 0) is 4.74 Å². The summed E-state index contributed by atoms with van der Waals surface area (Å²) in [5.41, 5.74) is 5.94. The lowest BCUT2D eigenvalue weighted by molar-refractivity contribution is -0.00584. The normalized spacial score (nSPS) is 31.0. The molecule has 1 heterocycles. The summed E-state index contributed by atoms with van der Waals surface area (Å²) in [4.78, 5) is 0. The van der Waals surface area contributed by atoms with Crippen molar-refractivity contribution >= 4 is 0 Å². The Balaban J connectivity index is 2.20. The van der Waals surface area contributed by atoms with Crippen LogP contribution in [0.25, 0.3) is 0 Å². The largest absolute Gasteiger partial charge is 0.377 e. The zero-order chi connectivity index (χ0) is 8.97. The van der Waals surface area contributed by atoms with Gasteiger partial charge in [-0.3, -0.25) is 0 Å². The summed E-state index contributed by atoms with van der Waals surface area (Å²) < 4.78 is 5.62. The van der Waals surface area contributed by atoms with Crippen LogP contribution >= 0.6 is 0 Å².